The van der Waals surface area contributed by atoms with Crippen LogP contribution in [0.5, 0.6) is 0 Å². The molecule has 0 amide bonds. The fourth-order valence-corrected chi connectivity index (χ4v) is 2.97. The molecule has 0 radical (unpaired) electrons. The van der Waals surface area contributed by atoms with Crippen LogP contribution in [0, 0.1) is 0 Å². The molecular weight excluding hydrogens is 304 g/mol. The van der Waals surface area contributed by atoms with Gasteiger partial charge in [-0.3, -0.25) is 14.3 Å². The van der Waals surface area contributed by atoms with Gasteiger partial charge in [-0.2, -0.15) is 4.98 Å². The third kappa shape index (κ3) is 2.43. The maximum atomic E-state index is 12.0. The van der Waals surface area contributed by atoms with E-state index >= 15 is 0 Å². The van der Waals surface area contributed by atoms with Gasteiger partial charge < -0.3 is 9.88 Å². The lowest BCUT2D eigenvalue weighted by atomic mass is 10.2. The number of hydrogen-bond donors (Lipinski definition) is 2. The molecule has 3 heterocycles. The van der Waals surface area contributed by atoms with E-state index in [1.165, 1.54) is 7.05 Å². The van der Waals surface area contributed by atoms with Crippen LogP contribution in [0.2, 0.25) is 0 Å². The van der Waals surface area contributed by atoms with Gasteiger partial charge >= 0.3 is 5.69 Å². The quantitative estimate of drug-likeness (QED) is 0.735. The lowest BCUT2D eigenvalue weighted by Gasteiger charge is -2.19. The fourth-order valence-electron chi connectivity index (χ4n) is 2.29. The van der Waals surface area contributed by atoms with E-state index in [1.54, 1.807) is 17.5 Å². The summed E-state index contributed by atoms with van der Waals surface area (Å²) in [4.78, 5) is 39.7. The second-order valence-electron chi connectivity index (χ2n) is 5.23. The lowest BCUT2D eigenvalue weighted by Crippen LogP contribution is -2.32. The van der Waals surface area contributed by atoms with E-state index in [1.807, 2.05) is 17.3 Å². The van der Waals surface area contributed by atoms with Crippen LogP contribution in [0.3, 0.4) is 0 Å². The molecular formula is C13H16N6O2S. The third-order valence-electron chi connectivity index (χ3n) is 3.52. The Bertz CT molecular complexity index is 907. The van der Waals surface area contributed by atoms with Crippen molar-refractivity contribution in [3.05, 3.63) is 37.4 Å². The Balaban J connectivity index is 1.92. The van der Waals surface area contributed by atoms with Gasteiger partial charge in [-0.05, 0) is 0 Å². The third-order valence-corrected chi connectivity index (χ3v) is 4.53. The minimum atomic E-state index is -0.477. The van der Waals surface area contributed by atoms with E-state index in [0.717, 1.165) is 9.57 Å². The highest BCUT2D eigenvalue weighted by Gasteiger charge is 2.16. The minimum Gasteiger partial charge on any atom is -0.345 e. The Kier molecular flexibility index (Phi) is 3.57. The Hall–Kier alpha value is -2.42. The second kappa shape index (κ2) is 5.41. The minimum absolute atomic E-state index is 0.236. The Morgan fingerprint density at radius 1 is 1.41 bits per heavy atom. The molecule has 8 nitrogen and oxygen atoms in total. The molecule has 22 heavy (non-hydrogen) atoms. The molecule has 1 atom stereocenters. The number of hydrogen-bond acceptors (Lipinski definition) is 6. The number of aromatic amines is 2. The number of likely N-dealkylation sites (N-methyl/N-ethyl adjacent to an activating group) is 1. The second-order valence-corrected chi connectivity index (χ2v) is 6.16. The van der Waals surface area contributed by atoms with Gasteiger partial charge in [-0.15, -0.1) is 11.3 Å². The van der Waals surface area contributed by atoms with E-state index in [4.69, 9.17) is 0 Å². The van der Waals surface area contributed by atoms with Crippen molar-refractivity contribution < 1.29 is 0 Å². The molecule has 0 saturated carbocycles. The molecule has 0 spiro atoms. The first-order chi connectivity index (χ1) is 10.5. The summed E-state index contributed by atoms with van der Waals surface area (Å²) >= 11 is 1.61. The van der Waals surface area contributed by atoms with E-state index in [-0.39, 0.29) is 17.1 Å². The molecule has 3 aromatic rings. The van der Waals surface area contributed by atoms with Crippen molar-refractivity contribution in [1.29, 1.82) is 0 Å². The van der Waals surface area contributed by atoms with Gasteiger partial charge in [0.25, 0.3) is 5.56 Å². The first kappa shape index (κ1) is 14.5. The first-order valence-corrected chi connectivity index (χ1v) is 7.65. The molecule has 0 aliphatic heterocycles. The van der Waals surface area contributed by atoms with Gasteiger partial charge in [0.15, 0.2) is 11.2 Å². The van der Waals surface area contributed by atoms with Crippen molar-refractivity contribution in [3.63, 3.8) is 0 Å². The number of fused-ring (bicyclic) bond motifs is 1. The van der Waals surface area contributed by atoms with Crippen LogP contribution in [0.15, 0.2) is 21.2 Å². The average molecular weight is 320 g/mol. The number of anilines is 1. The average Bonchev–Trinajstić information content (AvgIpc) is 3.14. The number of thiazole rings is 1. The molecule has 116 valence electrons. The largest absolute Gasteiger partial charge is 0.345 e. The fraction of sp³-hybridized carbons (Fsp3) is 0.385. The first-order valence-electron chi connectivity index (χ1n) is 6.77. The summed E-state index contributed by atoms with van der Waals surface area (Å²) < 4.78 is 1.02. The maximum Gasteiger partial charge on any atom is 0.329 e. The zero-order valence-corrected chi connectivity index (χ0v) is 13.3. The summed E-state index contributed by atoms with van der Waals surface area (Å²) in [5.41, 5.74) is -0.295. The topological polar surface area (TPSA) is 99.7 Å². The van der Waals surface area contributed by atoms with E-state index in [0.29, 0.717) is 18.0 Å². The number of nitrogens with one attached hydrogen (secondary N) is 2. The summed E-state index contributed by atoms with van der Waals surface area (Å²) in [5, 5.41) is 2.99. The van der Waals surface area contributed by atoms with Gasteiger partial charge in [-0.25, -0.2) is 9.78 Å². The summed E-state index contributed by atoms with van der Waals surface area (Å²) in [5.74, 6) is 0.775. The molecule has 3 rings (SSSR count). The SMILES string of the molecule is CC(CN(C)c1nc2[nH]c(=O)n(C)c(=O)c2[nH]1)c1nccs1. The van der Waals surface area contributed by atoms with Gasteiger partial charge in [0.05, 0.1) is 5.01 Å². The van der Waals surface area contributed by atoms with Crippen LogP contribution in [-0.2, 0) is 7.05 Å². The summed E-state index contributed by atoms with van der Waals surface area (Å²) in [6.45, 7) is 2.77. The van der Waals surface area contributed by atoms with Crippen molar-refractivity contribution in [2.75, 3.05) is 18.5 Å². The van der Waals surface area contributed by atoms with Crippen LogP contribution < -0.4 is 16.1 Å². The maximum absolute atomic E-state index is 12.0. The highest BCUT2D eigenvalue weighted by molar-refractivity contribution is 7.09. The van der Waals surface area contributed by atoms with Crippen molar-refractivity contribution >= 4 is 28.4 Å². The van der Waals surface area contributed by atoms with Crippen LogP contribution >= 0.6 is 11.3 Å². The summed E-state index contributed by atoms with van der Waals surface area (Å²) in [6, 6.07) is 0. The van der Waals surface area contributed by atoms with Gasteiger partial charge in [-0.1, -0.05) is 6.92 Å². The Morgan fingerprint density at radius 2 is 2.18 bits per heavy atom. The van der Waals surface area contributed by atoms with E-state index < -0.39 is 5.69 Å². The monoisotopic (exact) mass is 320 g/mol. The van der Waals surface area contributed by atoms with Crippen molar-refractivity contribution in [2.24, 2.45) is 7.05 Å². The highest BCUT2D eigenvalue weighted by Crippen LogP contribution is 2.20. The molecule has 3 aromatic heterocycles. The molecule has 2 N–H and O–H groups in total. The van der Waals surface area contributed by atoms with Crippen molar-refractivity contribution in [3.8, 4) is 0 Å². The summed E-state index contributed by atoms with van der Waals surface area (Å²) in [6.07, 6.45) is 1.78. The van der Waals surface area contributed by atoms with Crippen LogP contribution in [-0.4, -0.2) is 38.1 Å². The zero-order valence-electron chi connectivity index (χ0n) is 12.5. The number of nitrogens with zero attached hydrogens (tertiary/aromatic N) is 4. The van der Waals surface area contributed by atoms with Gasteiger partial charge in [0, 0.05) is 38.1 Å². The number of aromatic nitrogens is 5. The van der Waals surface area contributed by atoms with Crippen LogP contribution in [0.4, 0.5) is 5.95 Å². The number of rotatable bonds is 4. The standard InChI is InChI=1S/C13H16N6O2S/c1-7(10-14-4-5-22-10)6-18(2)12-15-8-9(16-12)17-13(21)19(3)11(8)20/h4-5,7H,6H2,1-3H3,(H,15,16)(H,17,21). The summed E-state index contributed by atoms with van der Waals surface area (Å²) in [7, 11) is 3.31. The smallest absolute Gasteiger partial charge is 0.329 e. The Morgan fingerprint density at radius 3 is 2.86 bits per heavy atom. The van der Waals surface area contributed by atoms with Gasteiger partial charge in [0.2, 0.25) is 5.95 Å². The molecule has 9 heteroatoms. The molecule has 0 fully saturated rings. The van der Waals surface area contributed by atoms with Crippen LogP contribution in [0.1, 0.15) is 17.8 Å². The van der Waals surface area contributed by atoms with Crippen molar-refractivity contribution in [2.45, 2.75) is 12.8 Å². The van der Waals surface area contributed by atoms with Gasteiger partial charge in [0.1, 0.15) is 0 Å². The lowest BCUT2D eigenvalue weighted by molar-refractivity contribution is 0.717. The molecule has 0 aliphatic rings. The molecule has 0 bridgehead atoms. The number of imidazole rings is 1. The molecule has 1 unspecified atom stereocenters. The number of H-pyrrole nitrogens is 2. The molecule has 0 aliphatic carbocycles. The van der Waals surface area contributed by atoms with Crippen LogP contribution in [0.25, 0.3) is 11.2 Å². The van der Waals surface area contributed by atoms with E-state index in [9.17, 15) is 9.59 Å². The zero-order chi connectivity index (χ0) is 15.9. The van der Waals surface area contributed by atoms with Crippen molar-refractivity contribution in [1.82, 2.24) is 24.5 Å². The predicted molar refractivity (Wildman–Crippen MR) is 85.8 cm³/mol. The normalized spacial score (nSPS) is 12.7. The highest BCUT2D eigenvalue weighted by atomic mass is 32.1. The van der Waals surface area contributed by atoms with E-state index in [2.05, 4.69) is 26.9 Å². The molecule has 0 aromatic carbocycles. The predicted octanol–water partition coefficient (Wildman–Crippen LogP) is 0.646. The molecule has 0 saturated heterocycles. The Labute approximate surface area is 129 Å².